The van der Waals surface area contributed by atoms with Gasteiger partial charge in [0.25, 0.3) is 0 Å². The van der Waals surface area contributed by atoms with E-state index in [1.165, 1.54) is 43.6 Å². The smallest absolute Gasteiger partial charge is 0.0715 e. The molecule has 0 spiro atoms. The highest BCUT2D eigenvalue weighted by molar-refractivity contribution is 6.23. The summed E-state index contributed by atoms with van der Waals surface area (Å²) in [4.78, 5) is 9.79. The lowest BCUT2D eigenvalue weighted by Crippen LogP contribution is -1.95. The minimum Gasteiger partial charge on any atom is -0.264 e. The van der Waals surface area contributed by atoms with Crippen LogP contribution >= 0.6 is 0 Å². The van der Waals surface area contributed by atoms with E-state index in [9.17, 15) is 0 Å². The van der Waals surface area contributed by atoms with Gasteiger partial charge < -0.3 is 0 Å². The van der Waals surface area contributed by atoms with Crippen molar-refractivity contribution in [2.75, 3.05) is 0 Å². The molecule has 0 saturated heterocycles. The van der Waals surface area contributed by atoms with E-state index in [0.29, 0.717) is 0 Å². The molecule has 6 aromatic carbocycles. The average Bonchev–Trinajstić information content (AvgIpc) is 3.07. The number of rotatable bonds is 4. The molecule has 0 unspecified atom stereocenters. The van der Waals surface area contributed by atoms with Crippen molar-refractivity contribution in [2.45, 2.75) is 0 Å². The summed E-state index contributed by atoms with van der Waals surface area (Å²) in [6, 6.07) is 51.5. The van der Waals surface area contributed by atoms with Crippen LogP contribution in [0.2, 0.25) is 0 Å². The molecule has 0 aliphatic heterocycles. The van der Waals surface area contributed by atoms with E-state index < -0.39 is 0 Å². The van der Waals surface area contributed by atoms with Crippen LogP contribution in [0.15, 0.2) is 158 Å². The Kier molecular flexibility index (Phi) is 5.82. The molecule has 0 fully saturated rings. The van der Waals surface area contributed by atoms with Gasteiger partial charge in [-0.3, -0.25) is 4.98 Å². The Balaban J connectivity index is 1.49. The molecule has 0 N–H and O–H groups in total. The minimum atomic E-state index is 0.950. The molecular weight excluding hydrogens is 508 g/mol. The molecule has 2 nitrogen and oxygen atoms in total. The van der Waals surface area contributed by atoms with Crippen LogP contribution in [0.1, 0.15) is 0 Å². The molecule has 0 saturated carbocycles. The zero-order chi connectivity index (χ0) is 27.9. The van der Waals surface area contributed by atoms with Crippen LogP contribution in [0.4, 0.5) is 0 Å². The molecule has 196 valence electrons. The SMILES string of the molecule is c1ccc(-c2cc(-c3c4ccccc4c(-c4cccc5ccccc45)c4ccncc34)cc(-c3ccccc3)n2)cc1. The summed E-state index contributed by atoms with van der Waals surface area (Å²) in [7, 11) is 0. The van der Waals surface area contributed by atoms with Crippen LogP contribution in [-0.4, -0.2) is 9.97 Å². The average molecular weight is 535 g/mol. The highest BCUT2D eigenvalue weighted by atomic mass is 14.7. The molecular formula is C40H26N2. The van der Waals surface area contributed by atoms with Gasteiger partial charge in [0.2, 0.25) is 0 Å². The van der Waals surface area contributed by atoms with Crippen molar-refractivity contribution in [3.63, 3.8) is 0 Å². The number of hydrogen-bond acceptors (Lipinski definition) is 2. The second kappa shape index (κ2) is 10.1. The highest BCUT2D eigenvalue weighted by Crippen LogP contribution is 2.45. The van der Waals surface area contributed by atoms with E-state index in [1.54, 1.807) is 0 Å². The molecule has 0 radical (unpaired) electrons. The van der Waals surface area contributed by atoms with Crippen molar-refractivity contribution in [2.24, 2.45) is 0 Å². The van der Waals surface area contributed by atoms with Crippen LogP contribution in [0.25, 0.3) is 77.1 Å². The van der Waals surface area contributed by atoms with E-state index >= 15 is 0 Å². The molecule has 2 heteroatoms. The van der Waals surface area contributed by atoms with Gasteiger partial charge in [0.15, 0.2) is 0 Å². The first kappa shape index (κ1) is 24.2. The normalized spacial score (nSPS) is 11.3. The zero-order valence-electron chi connectivity index (χ0n) is 22.9. The maximum Gasteiger partial charge on any atom is 0.0715 e. The Hall–Kier alpha value is -5.60. The third-order valence-electron chi connectivity index (χ3n) is 8.14. The lowest BCUT2D eigenvalue weighted by Gasteiger charge is -2.19. The predicted octanol–water partition coefficient (Wildman–Crippen LogP) is 10.6. The number of aromatic nitrogens is 2. The van der Waals surface area contributed by atoms with Gasteiger partial charge in [-0.05, 0) is 67.4 Å². The summed E-state index contributed by atoms with van der Waals surface area (Å²) in [6.07, 6.45) is 3.93. The standard InChI is InChI=1S/C40H26N2/c1-3-13-28(14-4-1)37-24-30(25-38(42-37)29-15-5-2-6-16-29)39-33-19-9-10-20-34(33)40(35-22-23-41-26-36(35)39)32-21-11-17-27-12-7-8-18-31(27)32/h1-26H. The first-order valence-electron chi connectivity index (χ1n) is 14.2. The molecule has 0 bridgehead atoms. The summed E-state index contributed by atoms with van der Waals surface area (Å²) >= 11 is 0. The van der Waals surface area contributed by atoms with Gasteiger partial charge in [-0.2, -0.15) is 0 Å². The number of nitrogens with zero attached hydrogens (tertiary/aromatic N) is 2. The zero-order valence-corrected chi connectivity index (χ0v) is 22.9. The molecule has 2 aromatic heterocycles. The molecule has 8 aromatic rings. The fourth-order valence-corrected chi connectivity index (χ4v) is 6.25. The van der Waals surface area contributed by atoms with Gasteiger partial charge >= 0.3 is 0 Å². The van der Waals surface area contributed by atoms with E-state index in [-0.39, 0.29) is 0 Å². The van der Waals surface area contributed by atoms with Gasteiger partial charge in [0.1, 0.15) is 0 Å². The Morgan fingerprint density at radius 2 is 0.929 bits per heavy atom. The van der Waals surface area contributed by atoms with Gasteiger partial charge in [0.05, 0.1) is 11.4 Å². The Labute approximate surface area is 244 Å². The summed E-state index contributed by atoms with van der Waals surface area (Å²) in [5.41, 5.74) is 8.86. The van der Waals surface area contributed by atoms with E-state index in [1.807, 2.05) is 24.5 Å². The van der Waals surface area contributed by atoms with Gasteiger partial charge in [-0.25, -0.2) is 4.98 Å². The monoisotopic (exact) mass is 534 g/mol. The van der Waals surface area contributed by atoms with Crippen molar-refractivity contribution in [3.05, 3.63) is 158 Å². The fourth-order valence-electron chi connectivity index (χ4n) is 6.25. The van der Waals surface area contributed by atoms with E-state index in [0.717, 1.165) is 33.5 Å². The first-order chi connectivity index (χ1) is 20.8. The fraction of sp³-hybridized carbons (Fsp3) is 0. The van der Waals surface area contributed by atoms with Crippen molar-refractivity contribution in [1.29, 1.82) is 0 Å². The van der Waals surface area contributed by atoms with Crippen molar-refractivity contribution >= 4 is 32.3 Å². The Morgan fingerprint density at radius 3 is 1.62 bits per heavy atom. The summed E-state index contributed by atoms with van der Waals surface area (Å²) in [5, 5.41) is 7.22. The van der Waals surface area contributed by atoms with Crippen LogP contribution in [0.3, 0.4) is 0 Å². The lowest BCUT2D eigenvalue weighted by atomic mass is 9.85. The molecule has 0 aliphatic carbocycles. The number of hydrogen-bond donors (Lipinski definition) is 0. The largest absolute Gasteiger partial charge is 0.264 e. The second-order valence-electron chi connectivity index (χ2n) is 10.6. The molecule has 42 heavy (non-hydrogen) atoms. The van der Waals surface area contributed by atoms with Gasteiger partial charge in [-0.1, -0.05) is 127 Å². The van der Waals surface area contributed by atoms with E-state index in [2.05, 4.69) is 138 Å². The van der Waals surface area contributed by atoms with Crippen LogP contribution in [-0.2, 0) is 0 Å². The van der Waals surface area contributed by atoms with E-state index in [4.69, 9.17) is 4.98 Å². The quantitative estimate of drug-likeness (QED) is 0.210. The molecule has 0 atom stereocenters. The topological polar surface area (TPSA) is 25.8 Å². The van der Waals surface area contributed by atoms with Crippen molar-refractivity contribution in [1.82, 2.24) is 9.97 Å². The van der Waals surface area contributed by atoms with Crippen LogP contribution < -0.4 is 0 Å². The molecule has 0 amide bonds. The summed E-state index contributed by atoms with van der Waals surface area (Å²) in [5.74, 6) is 0. The number of fused-ring (bicyclic) bond motifs is 3. The lowest BCUT2D eigenvalue weighted by molar-refractivity contribution is 1.32. The molecule has 2 heterocycles. The number of benzene rings is 6. The predicted molar refractivity (Wildman–Crippen MR) is 176 cm³/mol. The third-order valence-corrected chi connectivity index (χ3v) is 8.14. The Bertz CT molecular complexity index is 2120. The van der Waals surface area contributed by atoms with Gasteiger partial charge in [-0.15, -0.1) is 0 Å². The van der Waals surface area contributed by atoms with Crippen molar-refractivity contribution in [3.8, 4) is 44.8 Å². The molecule has 0 aliphatic rings. The van der Waals surface area contributed by atoms with Crippen LogP contribution in [0, 0.1) is 0 Å². The van der Waals surface area contributed by atoms with Crippen molar-refractivity contribution < 1.29 is 0 Å². The Morgan fingerprint density at radius 1 is 0.381 bits per heavy atom. The summed E-state index contributed by atoms with van der Waals surface area (Å²) in [6.45, 7) is 0. The van der Waals surface area contributed by atoms with Crippen LogP contribution in [0.5, 0.6) is 0 Å². The first-order valence-corrected chi connectivity index (χ1v) is 14.2. The second-order valence-corrected chi connectivity index (χ2v) is 10.6. The van der Waals surface area contributed by atoms with Gasteiger partial charge in [0, 0.05) is 28.9 Å². The maximum absolute atomic E-state index is 5.14. The maximum atomic E-state index is 5.14. The highest BCUT2D eigenvalue weighted by Gasteiger charge is 2.19. The number of pyridine rings is 2. The summed E-state index contributed by atoms with van der Waals surface area (Å²) < 4.78 is 0. The molecule has 8 rings (SSSR count). The third kappa shape index (κ3) is 4.05. The minimum absolute atomic E-state index is 0.950.